The van der Waals surface area contributed by atoms with E-state index in [9.17, 15) is 4.79 Å². The maximum Gasteiger partial charge on any atom is 0.274 e. The van der Waals surface area contributed by atoms with E-state index in [1.54, 1.807) is 23.8 Å². The first-order valence-corrected chi connectivity index (χ1v) is 9.62. The van der Waals surface area contributed by atoms with Gasteiger partial charge in [0.25, 0.3) is 5.91 Å². The summed E-state index contributed by atoms with van der Waals surface area (Å²) in [6.45, 7) is 5.10. The van der Waals surface area contributed by atoms with Crippen LogP contribution in [0, 0.1) is 5.92 Å². The second kappa shape index (κ2) is 7.89. The molecule has 0 unspecified atom stereocenters. The van der Waals surface area contributed by atoms with Gasteiger partial charge >= 0.3 is 0 Å². The molecule has 1 aromatic carbocycles. The lowest BCUT2D eigenvalue weighted by Gasteiger charge is -2.31. The second-order valence-corrected chi connectivity index (χ2v) is 7.46. The van der Waals surface area contributed by atoms with Gasteiger partial charge in [0.1, 0.15) is 5.49 Å². The summed E-state index contributed by atoms with van der Waals surface area (Å²) < 4.78 is 2.09. The van der Waals surface area contributed by atoms with E-state index in [-0.39, 0.29) is 0 Å². The molecule has 6 heteroatoms. The van der Waals surface area contributed by atoms with Crippen LogP contribution in [0.3, 0.4) is 0 Å². The highest BCUT2D eigenvalue weighted by atomic mass is 16.5. The molecule has 0 aliphatic carbocycles. The Balaban J connectivity index is 1.56. The molecule has 0 radical (unpaired) electrons. The van der Waals surface area contributed by atoms with E-state index in [2.05, 4.69) is 39.3 Å². The number of carbonyl (C=O) groups excluding carboxylic acids is 1. The molecule has 1 saturated heterocycles. The van der Waals surface area contributed by atoms with Crippen molar-refractivity contribution in [1.29, 1.82) is 0 Å². The number of nitrogens with zero attached hydrogens (tertiary/aromatic N) is 3. The van der Waals surface area contributed by atoms with Gasteiger partial charge < -0.3 is 9.47 Å². The normalized spacial score (nSPS) is 16.5. The van der Waals surface area contributed by atoms with Crippen LogP contribution in [0.2, 0.25) is 0 Å². The zero-order chi connectivity index (χ0) is 19.5. The maximum absolute atomic E-state index is 11.4. The summed E-state index contributed by atoms with van der Waals surface area (Å²) in [4.78, 5) is 18.5. The summed E-state index contributed by atoms with van der Waals surface area (Å²) in [6, 6.07) is 9.24. The molecule has 0 atom stereocenters. The highest BCUT2D eigenvalue weighted by Gasteiger charge is 2.17. The van der Waals surface area contributed by atoms with Crippen molar-refractivity contribution in [2.24, 2.45) is 10.9 Å². The molecular weight excluding hydrogens is 352 g/mol. The van der Waals surface area contributed by atoms with Gasteiger partial charge in [-0.05, 0) is 48.6 Å². The van der Waals surface area contributed by atoms with Crippen LogP contribution in [-0.2, 0) is 6.54 Å². The monoisotopic (exact) mass is 376 g/mol. The molecule has 3 heterocycles. The average molecular weight is 376 g/mol. The van der Waals surface area contributed by atoms with Gasteiger partial charge in [-0.15, -0.1) is 0 Å². The number of fused-ring (bicyclic) bond motifs is 1. The summed E-state index contributed by atoms with van der Waals surface area (Å²) in [7, 11) is 0. The second-order valence-electron chi connectivity index (χ2n) is 7.46. The average Bonchev–Trinajstić information content (AvgIpc) is 2.96. The van der Waals surface area contributed by atoms with Crippen LogP contribution < -0.4 is 16.2 Å². The molecule has 4 rings (SSSR count). The number of hydroxylamine groups is 1. The number of carbonyl (C=O) groups is 1. The predicted molar refractivity (Wildman–Crippen MR) is 106 cm³/mol. The Hall–Kier alpha value is -3.08. The third-order valence-corrected chi connectivity index (χ3v) is 5.45. The SMILES string of the molecule is CC1CCN(C2=C=CN=c3c(ccn3Cc3ccc(C(=O)NO)cc3)=C2)CC1. The number of piperidine rings is 1. The maximum atomic E-state index is 11.4. The standard InChI is InChI=1S/C22H24N4O2/c1-16-7-11-25(12-8-16)20-6-10-23-21-19(14-20)9-13-26(21)15-17-2-4-18(5-3-17)22(27)24-28/h2-5,9-10,13-14,16,28H,7-8,11-12,15H2,1H3,(H,24,27). The summed E-state index contributed by atoms with van der Waals surface area (Å²) in [6.07, 6.45) is 8.40. The van der Waals surface area contributed by atoms with Crippen molar-refractivity contribution < 1.29 is 10.0 Å². The van der Waals surface area contributed by atoms with Gasteiger partial charge in [0.05, 0.1) is 11.9 Å². The van der Waals surface area contributed by atoms with Gasteiger partial charge in [-0.2, -0.15) is 0 Å². The van der Waals surface area contributed by atoms with Crippen molar-refractivity contribution in [3.63, 3.8) is 0 Å². The molecule has 144 valence electrons. The molecule has 0 spiro atoms. The fourth-order valence-corrected chi connectivity index (χ4v) is 3.67. The van der Waals surface area contributed by atoms with Crippen LogP contribution in [0.25, 0.3) is 6.08 Å². The number of hydrogen-bond donors (Lipinski definition) is 2. The van der Waals surface area contributed by atoms with Gasteiger partial charge in [-0.25, -0.2) is 10.5 Å². The van der Waals surface area contributed by atoms with Gasteiger partial charge in [0, 0.05) is 36.6 Å². The van der Waals surface area contributed by atoms with Crippen molar-refractivity contribution in [3.05, 3.63) is 76.0 Å². The quantitative estimate of drug-likeness (QED) is 0.486. The lowest BCUT2D eigenvalue weighted by atomic mass is 9.99. The van der Waals surface area contributed by atoms with E-state index in [4.69, 9.17) is 5.21 Å². The van der Waals surface area contributed by atoms with E-state index in [1.807, 2.05) is 18.3 Å². The molecule has 2 aliphatic rings. The van der Waals surface area contributed by atoms with E-state index in [0.29, 0.717) is 12.1 Å². The summed E-state index contributed by atoms with van der Waals surface area (Å²) in [5.41, 5.74) is 8.46. The Bertz CT molecular complexity index is 1050. The smallest absolute Gasteiger partial charge is 0.274 e. The first-order valence-electron chi connectivity index (χ1n) is 9.62. The minimum Gasteiger partial charge on any atom is -0.365 e. The number of aromatic nitrogens is 1. The minimum absolute atomic E-state index is 0.420. The number of amides is 1. The molecule has 1 aromatic heterocycles. The van der Waals surface area contributed by atoms with Crippen LogP contribution >= 0.6 is 0 Å². The molecular formula is C22H24N4O2. The largest absolute Gasteiger partial charge is 0.365 e. The highest BCUT2D eigenvalue weighted by Crippen LogP contribution is 2.20. The molecule has 0 saturated carbocycles. The molecule has 2 aromatic rings. The summed E-state index contributed by atoms with van der Waals surface area (Å²) >= 11 is 0. The lowest BCUT2D eigenvalue weighted by Crippen LogP contribution is -2.33. The Labute approximate surface area is 163 Å². The van der Waals surface area contributed by atoms with Crippen molar-refractivity contribution in [1.82, 2.24) is 14.9 Å². The van der Waals surface area contributed by atoms with Crippen molar-refractivity contribution in [2.75, 3.05) is 13.1 Å². The molecule has 0 bridgehead atoms. The predicted octanol–water partition coefficient (Wildman–Crippen LogP) is 1.80. The van der Waals surface area contributed by atoms with Crippen LogP contribution in [-0.4, -0.2) is 33.7 Å². The first kappa shape index (κ1) is 18.3. The van der Waals surface area contributed by atoms with Gasteiger partial charge in [-0.3, -0.25) is 10.0 Å². The number of allylic oxidation sites excluding steroid dienone is 1. The topological polar surface area (TPSA) is 69.9 Å². The fourth-order valence-electron chi connectivity index (χ4n) is 3.67. The number of benzene rings is 1. The molecule has 1 amide bonds. The van der Waals surface area contributed by atoms with Crippen molar-refractivity contribution in [2.45, 2.75) is 26.3 Å². The third kappa shape index (κ3) is 3.79. The molecule has 6 nitrogen and oxygen atoms in total. The van der Waals surface area contributed by atoms with Gasteiger partial charge in [0.15, 0.2) is 0 Å². The van der Waals surface area contributed by atoms with Crippen LogP contribution in [0.1, 0.15) is 35.7 Å². The van der Waals surface area contributed by atoms with Gasteiger partial charge in [-0.1, -0.05) is 24.8 Å². The zero-order valence-corrected chi connectivity index (χ0v) is 15.9. The highest BCUT2D eigenvalue weighted by molar-refractivity contribution is 5.93. The van der Waals surface area contributed by atoms with Gasteiger partial charge in [0.2, 0.25) is 0 Å². The van der Waals surface area contributed by atoms with Crippen LogP contribution in [0.5, 0.6) is 0 Å². The number of rotatable bonds is 4. The van der Waals surface area contributed by atoms with E-state index >= 15 is 0 Å². The Morgan fingerprint density at radius 2 is 2.00 bits per heavy atom. The number of likely N-dealkylation sites (tertiary alicyclic amines) is 1. The number of nitrogens with one attached hydrogen (secondary N) is 1. The number of hydrogen-bond acceptors (Lipinski definition) is 4. The molecule has 2 N–H and O–H groups in total. The molecule has 1 fully saturated rings. The summed E-state index contributed by atoms with van der Waals surface area (Å²) in [5, 5.41) is 9.81. The minimum atomic E-state index is -0.512. The van der Waals surface area contributed by atoms with E-state index < -0.39 is 5.91 Å². The zero-order valence-electron chi connectivity index (χ0n) is 15.9. The lowest BCUT2D eigenvalue weighted by molar-refractivity contribution is 0.0706. The van der Waals surface area contributed by atoms with Crippen molar-refractivity contribution >= 4 is 12.0 Å². The van der Waals surface area contributed by atoms with E-state index in [1.165, 1.54) is 12.8 Å². The fraction of sp³-hybridized carbons (Fsp3) is 0.318. The summed E-state index contributed by atoms with van der Waals surface area (Å²) in [5.74, 6) is 0.282. The van der Waals surface area contributed by atoms with Crippen molar-refractivity contribution in [3.8, 4) is 0 Å². The van der Waals surface area contributed by atoms with E-state index in [0.717, 1.165) is 41.0 Å². The Morgan fingerprint density at radius 1 is 1.25 bits per heavy atom. The van der Waals surface area contributed by atoms with Crippen LogP contribution in [0.4, 0.5) is 0 Å². The van der Waals surface area contributed by atoms with Crippen LogP contribution in [0.15, 0.2) is 59.1 Å². The Kier molecular flexibility index (Phi) is 5.15. The molecule has 2 aliphatic heterocycles. The Morgan fingerprint density at radius 3 is 2.71 bits per heavy atom. The third-order valence-electron chi connectivity index (χ3n) is 5.45. The molecule has 28 heavy (non-hydrogen) atoms. The first-order chi connectivity index (χ1) is 13.6.